The highest BCUT2D eigenvalue weighted by Gasteiger charge is 2.39. The largest absolute Gasteiger partial charge is 0.346 e. The second kappa shape index (κ2) is 4.06. The average Bonchev–Trinajstić information content (AvgIpc) is 3.13. The molecule has 2 aromatic heterocycles. The van der Waals surface area contributed by atoms with E-state index in [1.165, 1.54) is 12.8 Å². The Balaban J connectivity index is 1.53. The Kier molecular flexibility index (Phi) is 2.35. The molecule has 19 heavy (non-hydrogen) atoms. The minimum atomic E-state index is -0.0741. The van der Waals surface area contributed by atoms with Gasteiger partial charge in [0, 0.05) is 30.5 Å². The molecule has 2 N–H and O–H groups in total. The number of aromatic nitrogens is 2. The standard InChI is InChI=1S/C14H16N4O/c19-14(17-12-6-9-3-4-11(12)16-9)13-8-18-5-1-2-10(18)7-15-13/h1-2,5,7-9,11-12,16H,3-4,6H2,(H,17,19)/t9?,11?,12-/m1/s1. The lowest BCUT2D eigenvalue weighted by Crippen LogP contribution is -2.43. The Bertz CT molecular complexity index is 635. The molecule has 4 rings (SSSR count). The summed E-state index contributed by atoms with van der Waals surface area (Å²) in [7, 11) is 0. The summed E-state index contributed by atoms with van der Waals surface area (Å²) in [6.45, 7) is 0. The number of amides is 1. The number of carbonyl (C=O) groups is 1. The molecular formula is C14H16N4O. The van der Waals surface area contributed by atoms with Crippen LogP contribution in [0.2, 0.25) is 0 Å². The predicted molar refractivity (Wildman–Crippen MR) is 71.0 cm³/mol. The molecule has 2 bridgehead atoms. The summed E-state index contributed by atoms with van der Waals surface area (Å²) in [5.41, 5.74) is 1.48. The maximum atomic E-state index is 12.2. The zero-order valence-electron chi connectivity index (χ0n) is 10.5. The second-order valence-electron chi connectivity index (χ2n) is 5.48. The van der Waals surface area contributed by atoms with E-state index in [0.717, 1.165) is 11.9 Å². The molecule has 5 heteroatoms. The lowest BCUT2D eigenvalue weighted by molar-refractivity contribution is 0.0925. The third-order valence-corrected chi connectivity index (χ3v) is 4.26. The van der Waals surface area contributed by atoms with Crippen molar-refractivity contribution in [2.45, 2.75) is 37.4 Å². The van der Waals surface area contributed by atoms with Crippen molar-refractivity contribution in [3.05, 3.63) is 36.4 Å². The average molecular weight is 256 g/mol. The molecule has 5 nitrogen and oxygen atoms in total. The van der Waals surface area contributed by atoms with E-state index in [0.29, 0.717) is 17.8 Å². The number of carbonyl (C=O) groups excluding carboxylic acids is 1. The van der Waals surface area contributed by atoms with Gasteiger partial charge in [0.05, 0.1) is 11.7 Å². The monoisotopic (exact) mass is 256 g/mol. The van der Waals surface area contributed by atoms with Gasteiger partial charge in [0.2, 0.25) is 0 Å². The minimum absolute atomic E-state index is 0.0741. The third-order valence-electron chi connectivity index (χ3n) is 4.26. The van der Waals surface area contributed by atoms with Crippen molar-refractivity contribution in [2.24, 2.45) is 0 Å². The highest BCUT2D eigenvalue weighted by molar-refractivity contribution is 5.92. The molecule has 0 radical (unpaired) electrons. The maximum Gasteiger partial charge on any atom is 0.271 e. The summed E-state index contributed by atoms with van der Waals surface area (Å²) in [4.78, 5) is 16.5. The van der Waals surface area contributed by atoms with Crippen LogP contribution in [0.1, 0.15) is 29.8 Å². The molecule has 98 valence electrons. The molecule has 0 aliphatic carbocycles. The van der Waals surface area contributed by atoms with Crippen LogP contribution in [0.3, 0.4) is 0 Å². The van der Waals surface area contributed by atoms with Crippen molar-refractivity contribution < 1.29 is 4.79 Å². The fraction of sp³-hybridized carbons (Fsp3) is 0.429. The van der Waals surface area contributed by atoms with E-state index in [4.69, 9.17) is 0 Å². The normalized spacial score (nSPS) is 28.9. The van der Waals surface area contributed by atoms with Crippen molar-refractivity contribution in [1.82, 2.24) is 20.0 Å². The predicted octanol–water partition coefficient (Wildman–Crippen LogP) is 0.957. The molecule has 3 atom stereocenters. The topological polar surface area (TPSA) is 58.4 Å². The van der Waals surface area contributed by atoms with Crippen molar-refractivity contribution in [1.29, 1.82) is 0 Å². The van der Waals surface area contributed by atoms with E-state index in [-0.39, 0.29) is 11.9 Å². The SMILES string of the molecule is O=C(N[C@@H]1CC2CCC1N2)c1cn2cccc2cn1. The third kappa shape index (κ3) is 1.81. The molecule has 2 aromatic rings. The number of nitrogens with zero attached hydrogens (tertiary/aromatic N) is 2. The van der Waals surface area contributed by atoms with Gasteiger partial charge in [0.25, 0.3) is 5.91 Å². The molecule has 2 saturated heterocycles. The lowest BCUT2D eigenvalue weighted by Gasteiger charge is -2.21. The van der Waals surface area contributed by atoms with Gasteiger partial charge < -0.3 is 15.0 Å². The van der Waals surface area contributed by atoms with Crippen LogP contribution >= 0.6 is 0 Å². The molecule has 2 aliphatic heterocycles. The van der Waals surface area contributed by atoms with Gasteiger partial charge in [-0.1, -0.05) is 0 Å². The van der Waals surface area contributed by atoms with Gasteiger partial charge in [-0.3, -0.25) is 4.79 Å². The van der Waals surface area contributed by atoms with Crippen molar-refractivity contribution in [2.75, 3.05) is 0 Å². The Labute approximate surface area is 111 Å². The quantitative estimate of drug-likeness (QED) is 0.841. The molecule has 0 spiro atoms. The fourth-order valence-electron chi connectivity index (χ4n) is 3.28. The number of fused-ring (bicyclic) bond motifs is 3. The van der Waals surface area contributed by atoms with E-state index < -0.39 is 0 Å². The van der Waals surface area contributed by atoms with Crippen LogP contribution < -0.4 is 10.6 Å². The molecule has 2 fully saturated rings. The number of rotatable bonds is 2. The van der Waals surface area contributed by atoms with Gasteiger partial charge in [-0.15, -0.1) is 0 Å². The van der Waals surface area contributed by atoms with Gasteiger partial charge in [0.1, 0.15) is 5.69 Å². The Morgan fingerprint density at radius 3 is 3.21 bits per heavy atom. The first-order valence-corrected chi connectivity index (χ1v) is 6.79. The maximum absolute atomic E-state index is 12.2. The summed E-state index contributed by atoms with van der Waals surface area (Å²) >= 11 is 0. The first-order chi connectivity index (χ1) is 9.29. The van der Waals surface area contributed by atoms with Crippen LogP contribution in [0.5, 0.6) is 0 Å². The first-order valence-electron chi connectivity index (χ1n) is 6.79. The second-order valence-corrected chi connectivity index (χ2v) is 5.48. The minimum Gasteiger partial charge on any atom is -0.346 e. The summed E-state index contributed by atoms with van der Waals surface area (Å²) in [6.07, 6.45) is 8.89. The van der Waals surface area contributed by atoms with E-state index in [9.17, 15) is 4.79 Å². The first kappa shape index (κ1) is 11.0. The van der Waals surface area contributed by atoms with E-state index in [1.54, 1.807) is 12.4 Å². The molecule has 2 aliphatic rings. The van der Waals surface area contributed by atoms with Crippen LogP contribution in [-0.2, 0) is 0 Å². The molecular weight excluding hydrogens is 240 g/mol. The van der Waals surface area contributed by atoms with Crippen LogP contribution in [-0.4, -0.2) is 33.4 Å². The van der Waals surface area contributed by atoms with Crippen LogP contribution in [0, 0.1) is 0 Å². The van der Waals surface area contributed by atoms with Crippen molar-refractivity contribution >= 4 is 11.4 Å². The highest BCUT2D eigenvalue weighted by atomic mass is 16.2. The molecule has 0 saturated carbocycles. The number of nitrogens with one attached hydrogen (secondary N) is 2. The Hall–Kier alpha value is -1.88. The lowest BCUT2D eigenvalue weighted by atomic mass is 9.95. The van der Waals surface area contributed by atoms with E-state index in [1.807, 2.05) is 22.7 Å². The number of hydrogen-bond acceptors (Lipinski definition) is 3. The van der Waals surface area contributed by atoms with Crippen LogP contribution in [0.25, 0.3) is 5.52 Å². The number of hydrogen-bond donors (Lipinski definition) is 2. The van der Waals surface area contributed by atoms with E-state index >= 15 is 0 Å². The zero-order valence-corrected chi connectivity index (χ0v) is 10.5. The van der Waals surface area contributed by atoms with Gasteiger partial charge in [-0.05, 0) is 31.4 Å². The summed E-state index contributed by atoms with van der Waals surface area (Å²) in [5.74, 6) is -0.0741. The Morgan fingerprint density at radius 1 is 1.47 bits per heavy atom. The van der Waals surface area contributed by atoms with Gasteiger partial charge in [-0.2, -0.15) is 0 Å². The molecule has 0 aromatic carbocycles. The van der Waals surface area contributed by atoms with Crippen molar-refractivity contribution in [3.63, 3.8) is 0 Å². The smallest absolute Gasteiger partial charge is 0.271 e. The van der Waals surface area contributed by atoms with Gasteiger partial charge in [-0.25, -0.2) is 4.98 Å². The molecule has 1 amide bonds. The Morgan fingerprint density at radius 2 is 2.42 bits per heavy atom. The fourth-order valence-corrected chi connectivity index (χ4v) is 3.28. The molecule has 2 unspecified atom stereocenters. The highest BCUT2D eigenvalue weighted by Crippen LogP contribution is 2.28. The summed E-state index contributed by atoms with van der Waals surface area (Å²) < 4.78 is 1.92. The summed E-state index contributed by atoms with van der Waals surface area (Å²) in [6, 6.07) is 5.21. The van der Waals surface area contributed by atoms with E-state index in [2.05, 4.69) is 15.6 Å². The van der Waals surface area contributed by atoms with Gasteiger partial charge in [0.15, 0.2) is 0 Å². The summed E-state index contributed by atoms with van der Waals surface area (Å²) in [5, 5.41) is 6.63. The van der Waals surface area contributed by atoms with Gasteiger partial charge >= 0.3 is 0 Å². The molecule has 4 heterocycles. The van der Waals surface area contributed by atoms with Crippen LogP contribution in [0.4, 0.5) is 0 Å². The van der Waals surface area contributed by atoms with Crippen molar-refractivity contribution in [3.8, 4) is 0 Å². The zero-order chi connectivity index (χ0) is 12.8. The van der Waals surface area contributed by atoms with Crippen LogP contribution in [0.15, 0.2) is 30.7 Å².